The number of amides is 3. The Kier molecular flexibility index (Phi) is 7.96. The van der Waals surface area contributed by atoms with Gasteiger partial charge in [-0.25, -0.2) is 9.59 Å². The fourth-order valence-electron chi connectivity index (χ4n) is 1.53. The Balaban J connectivity index is 2.22. The number of nitrogens with one attached hydrogen (secondary N) is 3. The average molecular weight is 307 g/mol. The lowest BCUT2D eigenvalue weighted by atomic mass is 10.2. The third kappa shape index (κ3) is 7.18. The molecule has 0 saturated heterocycles. The van der Waals surface area contributed by atoms with Crippen LogP contribution in [0, 0.1) is 0 Å². The van der Waals surface area contributed by atoms with E-state index >= 15 is 0 Å². The fourth-order valence-corrected chi connectivity index (χ4v) is 1.53. The summed E-state index contributed by atoms with van der Waals surface area (Å²) in [7, 11) is 1.60. The molecule has 0 atom stereocenters. The van der Waals surface area contributed by atoms with E-state index in [-0.39, 0.29) is 6.03 Å². The van der Waals surface area contributed by atoms with E-state index in [0.29, 0.717) is 19.7 Å². The molecule has 0 aliphatic heterocycles. The normalized spacial score (nSPS) is 10.1. The number of ether oxygens (including phenoxy) is 2. The van der Waals surface area contributed by atoms with Gasteiger partial charge in [0.05, 0.1) is 13.7 Å². The number of carbonyl (C=O) groups is 2. The summed E-state index contributed by atoms with van der Waals surface area (Å²) in [6, 6.07) is 7.08. The maximum absolute atomic E-state index is 11.5. The predicted molar refractivity (Wildman–Crippen MR) is 83.6 cm³/mol. The van der Waals surface area contributed by atoms with Gasteiger partial charge in [-0.05, 0) is 30.7 Å². The molecule has 0 heterocycles. The van der Waals surface area contributed by atoms with Crippen LogP contribution < -0.4 is 20.7 Å². The second kappa shape index (κ2) is 10.1. The van der Waals surface area contributed by atoms with Crippen molar-refractivity contribution < 1.29 is 19.1 Å². The summed E-state index contributed by atoms with van der Waals surface area (Å²) in [5.41, 5.74) is 0.906. The van der Waals surface area contributed by atoms with E-state index < -0.39 is 6.09 Å². The molecule has 3 N–H and O–H groups in total. The summed E-state index contributed by atoms with van der Waals surface area (Å²) in [5, 5.41) is 7.66. The van der Waals surface area contributed by atoms with Gasteiger partial charge in [0.25, 0.3) is 0 Å². The van der Waals surface area contributed by atoms with Crippen molar-refractivity contribution in [3.05, 3.63) is 36.0 Å². The van der Waals surface area contributed by atoms with Gasteiger partial charge in [-0.1, -0.05) is 12.1 Å². The molecule has 1 aromatic rings. The van der Waals surface area contributed by atoms with Gasteiger partial charge in [-0.15, -0.1) is 0 Å². The quantitative estimate of drug-likeness (QED) is 0.669. The monoisotopic (exact) mass is 307 g/mol. The number of hydrogen-bond acceptors (Lipinski definition) is 4. The molecule has 0 aliphatic rings. The summed E-state index contributed by atoms with van der Waals surface area (Å²) in [6.07, 6.45) is 2.78. The number of carbonyl (C=O) groups excluding carboxylic acids is 2. The summed E-state index contributed by atoms with van der Waals surface area (Å²) in [4.78, 5) is 22.5. The number of methoxy groups -OCH3 is 1. The van der Waals surface area contributed by atoms with Crippen LogP contribution in [0.4, 0.5) is 9.59 Å². The number of rotatable bonds is 7. The minimum Gasteiger partial charge on any atom is -0.497 e. The minimum absolute atomic E-state index is 0.297. The lowest BCUT2D eigenvalue weighted by Gasteiger charge is -2.06. The van der Waals surface area contributed by atoms with Gasteiger partial charge in [0.2, 0.25) is 0 Å². The summed E-state index contributed by atoms with van der Waals surface area (Å²) >= 11 is 0. The molecule has 0 unspecified atom stereocenters. The first-order valence-corrected chi connectivity index (χ1v) is 6.91. The molecular weight excluding hydrogens is 286 g/mol. The summed E-state index contributed by atoms with van der Waals surface area (Å²) in [5.74, 6) is 0.747. The van der Waals surface area contributed by atoms with Crippen molar-refractivity contribution in [1.29, 1.82) is 0 Å². The standard InChI is InChI=1S/C15H21N3O4/c1-3-22-15(20)18-10-9-17-14(19)16-8-7-12-5-4-6-13(11-12)21-2/h4-8,11H,3,9-10H2,1-2H3,(H,18,20)(H2,16,17,19)/b8-7+. The van der Waals surface area contributed by atoms with Crippen molar-refractivity contribution in [3.63, 3.8) is 0 Å². The van der Waals surface area contributed by atoms with Crippen LogP contribution in [0.5, 0.6) is 5.75 Å². The zero-order chi connectivity index (χ0) is 16.2. The molecule has 0 aromatic heterocycles. The number of urea groups is 1. The molecule has 120 valence electrons. The highest BCUT2D eigenvalue weighted by molar-refractivity contribution is 5.76. The number of hydrogen-bond donors (Lipinski definition) is 3. The van der Waals surface area contributed by atoms with E-state index in [4.69, 9.17) is 4.74 Å². The predicted octanol–water partition coefficient (Wildman–Crippen LogP) is 1.71. The Morgan fingerprint density at radius 1 is 1.23 bits per heavy atom. The Morgan fingerprint density at radius 3 is 2.73 bits per heavy atom. The van der Waals surface area contributed by atoms with Crippen molar-refractivity contribution in [2.45, 2.75) is 6.92 Å². The van der Waals surface area contributed by atoms with Crippen molar-refractivity contribution in [3.8, 4) is 5.75 Å². The second-order valence-electron chi connectivity index (χ2n) is 4.16. The van der Waals surface area contributed by atoms with Gasteiger partial charge >= 0.3 is 12.1 Å². The van der Waals surface area contributed by atoms with Crippen molar-refractivity contribution in [1.82, 2.24) is 16.0 Å². The van der Waals surface area contributed by atoms with Crippen LogP contribution in [-0.2, 0) is 4.74 Å². The maximum atomic E-state index is 11.5. The van der Waals surface area contributed by atoms with Crippen LogP contribution in [0.2, 0.25) is 0 Å². The van der Waals surface area contributed by atoms with Crippen LogP contribution in [0.15, 0.2) is 30.5 Å². The topological polar surface area (TPSA) is 88.7 Å². The van der Waals surface area contributed by atoms with Crippen LogP contribution in [-0.4, -0.2) is 38.9 Å². The molecule has 0 saturated carbocycles. The van der Waals surface area contributed by atoms with Gasteiger partial charge in [-0.3, -0.25) is 0 Å². The molecule has 3 amide bonds. The van der Waals surface area contributed by atoms with E-state index in [9.17, 15) is 9.59 Å². The zero-order valence-electron chi connectivity index (χ0n) is 12.7. The molecule has 22 heavy (non-hydrogen) atoms. The Bertz CT molecular complexity index is 517. The van der Waals surface area contributed by atoms with E-state index in [2.05, 4.69) is 20.7 Å². The largest absolute Gasteiger partial charge is 0.497 e. The highest BCUT2D eigenvalue weighted by Crippen LogP contribution is 2.13. The second-order valence-corrected chi connectivity index (χ2v) is 4.16. The molecule has 0 aliphatic carbocycles. The molecule has 0 fully saturated rings. The molecule has 0 radical (unpaired) electrons. The molecule has 7 nitrogen and oxygen atoms in total. The van der Waals surface area contributed by atoms with Crippen molar-refractivity contribution in [2.24, 2.45) is 0 Å². The van der Waals surface area contributed by atoms with Crippen molar-refractivity contribution in [2.75, 3.05) is 26.8 Å². The molecule has 0 spiro atoms. The van der Waals surface area contributed by atoms with Crippen LogP contribution in [0.3, 0.4) is 0 Å². The lowest BCUT2D eigenvalue weighted by molar-refractivity contribution is 0.152. The van der Waals surface area contributed by atoms with Gasteiger partial charge in [0.1, 0.15) is 5.75 Å². The van der Waals surface area contributed by atoms with Crippen LogP contribution in [0.25, 0.3) is 6.08 Å². The van der Waals surface area contributed by atoms with E-state index in [1.54, 1.807) is 20.1 Å². The summed E-state index contributed by atoms with van der Waals surface area (Å²) in [6.45, 7) is 2.64. The van der Waals surface area contributed by atoms with Crippen molar-refractivity contribution >= 4 is 18.2 Å². The third-order valence-electron chi connectivity index (χ3n) is 2.54. The van der Waals surface area contributed by atoms with E-state index in [1.807, 2.05) is 24.3 Å². The Labute approximate surface area is 129 Å². The minimum atomic E-state index is -0.498. The highest BCUT2D eigenvalue weighted by atomic mass is 16.5. The molecule has 1 aromatic carbocycles. The number of alkyl carbamates (subject to hydrolysis) is 1. The number of benzene rings is 1. The molecular formula is C15H21N3O4. The maximum Gasteiger partial charge on any atom is 0.407 e. The SMILES string of the molecule is CCOC(=O)NCCNC(=O)N/C=C/c1cccc(OC)c1. The first-order valence-electron chi connectivity index (χ1n) is 6.91. The molecule has 1 rings (SSSR count). The highest BCUT2D eigenvalue weighted by Gasteiger charge is 2.00. The fraction of sp³-hybridized carbons (Fsp3) is 0.333. The van der Waals surface area contributed by atoms with Gasteiger partial charge in [0.15, 0.2) is 0 Å². The van der Waals surface area contributed by atoms with Crippen LogP contribution >= 0.6 is 0 Å². The average Bonchev–Trinajstić information content (AvgIpc) is 2.52. The first kappa shape index (κ1) is 17.4. The van der Waals surface area contributed by atoms with Gasteiger partial charge in [0, 0.05) is 19.3 Å². The smallest absolute Gasteiger partial charge is 0.407 e. The first-order chi connectivity index (χ1) is 10.7. The van der Waals surface area contributed by atoms with E-state index in [1.165, 1.54) is 6.20 Å². The van der Waals surface area contributed by atoms with Gasteiger partial charge in [-0.2, -0.15) is 0 Å². The van der Waals surface area contributed by atoms with Crippen LogP contribution in [0.1, 0.15) is 12.5 Å². The van der Waals surface area contributed by atoms with Gasteiger partial charge < -0.3 is 25.4 Å². The Morgan fingerprint density at radius 2 is 2.00 bits per heavy atom. The lowest BCUT2D eigenvalue weighted by Crippen LogP contribution is -2.38. The van der Waals surface area contributed by atoms with E-state index in [0.717, 1.165) is 11.3 Å². The molecule has 0 bridgehead atoms. The zero-order valence-corrected chi connectivity index (χ0v) is 12.7. The molecule has 7 heteroatoms. The summed E-state index contributed by atoms with van der Waals surface area (Å²) < 4.78 is 9.79. The third-order valence-corrected chi connectivity index (χ3v) is 2.54. The Hall–Kier alpha value is -2.70.